The monoisotopic (exact) mass is 187 g/mol. The lowest BCUT2D eigenvalue weighted by Gasteiger charge is -2.20. The summed E-state index contributed by atoms with van der Waals surface area (Å²) in [6.07, 6.45) is 8.04. The molecule has 1 aliphatic carbocycles. The summed E-state index contributed by atoms with van der Waals surface area (Å²) < 4.78 is 0. The molecule has 0 aromatic carbocycles. The second-order valence-corrected chi connectivity index (χ2v) is 5.06. The first kappa shape index (κ1) is 10.4. The van der Waals surface area contributed by atoms with Crippen LogP contribution in [0.4, 0.5) is 0 Å². The molecule has 2 heteroatoms. The highest BCUT2D eigenvalue weighted by Crippen LogP contribution is 2.26. The van der Waals surface area contributed by atoms with E-state index in [-0.39, 0.29) is 0 Å². The van der Waals surface area contributed by atoms with Gasteiger partial charge in [0.15, 0.2) is 0 Å². The van der Waals surface area contributed by atoms with Crippen LogP contribution in [0.3, 0.4) is 0 Å². The molecule has 0 aliphatic heterocycles. The minimum Gasteiger partial charge on any atom is -0.327 e. The van der Waals surface area contributed by atoms with E-state index in [1.807, 2.05) is 0 Å². The Morgan fingerprint density at radius 1 is 1.25 bits per heavy atom. The molecule has 2 unspecified atom stereocenters. The van der Waals surface area contributed by atoms with Crippen LogP contribution >= 0.6 is 11.8 Å². The average Bonchev–Trinajstić information content (AvgIpc) is 2.27. The van der Waals surface area contributed by atoms with Gasteiger partial charge in [-0.2, -0.15) is 11.8 Å². The van der Waals surface area contributed by atoms with Gasteiger partial charge in [0.05, 0.1) is 0 Å². The Hall–Kier alpha value is 0.310. The van der Waals surface area contributed by atoms with E-state index in [9.17, 15) is 0 Å². The van der Waals surface area contributed by atoms with Crippen LogP contribution in [0.15, 0.2) is 0 Å². The minimum absolute atomic E-state index is 0.476. The van der Waals surface area contributed by atoms with E-state index < -0.39 is 0 Å². The molecule has 0 saturated heterocycles. The van der Waals surface area contributed by atoms with Crippen LogP contribution in [0.5, 0.6) is 0 Å². The van der Waals surface area contributed by atoms with Crippen LogP contribution in [0.1, 0.15) is 45.4 Å². The molecular weight excluding hydrogens is 166 g/mol. The van der Waals surface area contributed by atoms with Crippen LogP contribution in [-0.2, 0) is 0 Å². The molecule has 0 aromatic heterocycles. The van der Waals surface area contributed by atoms with Crippen molar-refractivity contribution in [2.75, 3.05) is 5.75 Å². The van der Waals surface area contributed by atoms with Crippen molar-refractivity contribution in [1.82, 2.24) is 0 Å². The standard InChI is InChI=1S/C10H21NS/c1-2-8-12-10-7-5-3-4-6-9(10)11/h9-10H,2-8,11H2,1H3. The minimum atomic E-state index is 0.476. The first-order chi connectivity index (χ1) is 5.84. The van der Waals surface area contributed by atoms with Crippen molar-refractivity contribution < 1.29 is 0 Å². The molecule has 1 fully saturated rings. The summed E-state index contributed by atoms with van der Waals surface area (Å²) in [5.41, 5.74) is 6.10. The van der Waals surface area contributed by atoms with Crippen LogP contribution in [0, 0.1) is 0 Å². The predicted octanol–water partition coefficient (Wildman–Crippen LogP) is 2.79. The molecule has 2 atom stereocenters. The van der Waals surface area contributed by atoms with Gasteiger partial charge in [-0.05, 0) is 25.0 Å². The summed E-state index contributed by atoms with van der Waals surface area (Å²) >= 11 is 2.09. The molecule has 1 nitrogen and oxygen atoms in total. The lowest BCUT2D eigenvalue weighted by molar-refractivity contribution is 0.596. The lowest BCUT2D eigenvalue weighted by atomic mass is 10.1. The smallest absolute Gasteiger partial charge is 0.0198 e. The Kier molecular flexibility index (Phi) is 5.08. The molecule has 1 aliphatic rings. The Labute approximate surface area is 80.5 Å². The van der Waals surface area contributed by atoms with Gasteiger partial charge >= 0.3 is 0 Å². The third kappa shape index (κ3) is 3.36. The fourth-order valence-electron chi connectivity index (χ4n) is 1.78. The second-order valence-electron chi connectivity index (χ2n) is 3.71. The molecule has 0 spiro atoms. The number of rotatable bonds is 3. The van der Waals surface area contributed by atoms with Gasteiger partial charge in [-0.3, -0.25) is 0 Å². The van der Waals surface area contributed by atoms with E-state index in [0.717, 1.165) is 5.25 Å². The number of hydrogen-bond acceptors (Lipinski definition) is 2. The molecule has 1 rings (SSSR count). The van der Waals surface area contributed by atoms with Crippen LogP contribution < -0.4 is 5.73 Å². The summed E-state index contributed by atoms with van der Waals surface area (Å²) in [4.78, 5) is 0. The highest BCUT2D eigenvalue weighted by atomic mass is 32.2. The topological polar surface area (TPSA) is 26.0 Å². The lowest BCUT2D eigenvalue weighted by Crippen LogP contribution is -2.31. The van der Waals surface area contributed by atoms with Gasteiger partial charge in [0.2, 0.25) is 0 Å². The van der Waals surface area contributed by atoms with Gasteiger partial charge in [-0.1, -0.05) is 26.2 Å². The Bertz CT molecular complexity index is 116. The summed E-state index contributed by atoms with van der Waals surface area (Å²) in [5.74, 6) is 1.29. The Morgan fingerprint density at radius 3 is 2.75 bits per heavy atom. The van der Waals surface area contributed by atoms with Gasteiger partial charge in [-0.25, -0.2) is 0 Å². The third-order valence-electron chi connectivity index (χ3n) is 2.54. The number of nitrogens with two attached hydrogens (primary N) is 1. The quantitative estimate of drug-likeness (QED) is 0.688. The molecule has 2 N–H and O–H groups in total. The maximum Gasteiger partial charge on any atom is 0.0198 e. The largest absolute Gasteiger partial charge is 0.327 e. The second kappa shape index (κ2) is 5.87. The molecule has 0 heterocycles. The van der Waals surface area contributed by atoms with Crippen molar-refractivity contribution in [3.63, 3.8) is 0 Å². The Morgan fingerprint density at radius 2 is 2.00 bits per heavy atom. The van der Waals surface area contributed by atoms with Crippen molar-refractivity contribution >= 4 is 11.8 Å². The first-order valence-corrected chi connectivity index (χ1v) is 6.26. The fourth-order valence-corrected chi connectivity index (χ4v) is 3.03. The zero-order valence-corrected chi connectivity index (χ0v) is 8.91. The zero-order chi connectivity index (χ0) is 8.81. The van der Waals surface area contributed by atoms with Gasteiger partial charge in [0.1, 0.15) is 0 Å². The molecule has 72 valence electrons. The van der Waals surface area contributed by atoms with Gasteiger partial charge in [-0.15, -0.1) is 0 Å². The van der Waals surface area contributed by atoms with Crippen LogP contribution in [0.2, 0.25) is 0 Å². The predicted molar refractivity (Wildman–Crippen MR) is 57.6 cm³/mol. The summed E-state index contributed by atoms with van der Waals surface area (Å²) in [7, 11) is 0. The van der Waals surface area contributed by atoms with Crippen molar-refractivity contribution in [2.45, 2.75) is 56.7 Å². The molecule has 12 heavy (non-hydrogen) atoms. The number of hydrogen-bond donors (Lipinski definition) is 1. The highest BCUT2D eigenvalue weighted by molar-refractivity contribution is 7.99. The molecular formula is C10H21NS. The van der Waals surface area contributed by atoms with Crippen molar-refractivity contribution in [1.29, 1.82) is 0 Å². The fraction of sp³-hybridized carbons (Fsp3) is 1.00. The zero-order valence-electron chi connectivity index (χ0n) is 8.09. The van der Waals surface area contributed by atoms with E-state index in [1.165, 1.54) is 44.3 Å². The number of thioether (sulfide) groups is 1. The molecule has 0 bridgehead atoms. The first-order valence-electron chi connectivity index (χ1n) is 5.21. The molecule has 1 saturated carbocycles. The SMILES string of the molecule is CCCSC1CCCCCC1N. The van der Waals surface area contributed by atoms with E-state index in [2.05, 4.69) is 18.7 Å². The summed E-state index contributed by atoms with van der Waals surface area (Å²) in [6, 6.07) is 0.476. The molecule has 0 amide bonds. The molecule has 0 aromatic rings. The summed E-state index contributed by atoms with van der Waals surface area (Å²) in [5, 5.41) is 0.757. The van der Waals surface area contributed by atoms with Gasteiger partial charge in [0.25, 0.3) is 0 Å². The third-order valence-corrected chi connectivity index (χ3v) is 4.20. The van der Waals surface area contributed by atoms with Gasteiger partial charge in [0, 0.05) is 11.3 Å². The van der Waals surface area contributed by atoms with Crippen molar-refractivity contribution in [3.05, 3.63) is 0 Å². The van der Waals surface area contributed by atoms with E-state index in [1.54, 1.807) is 0 Å². The highest BCUT2D eigenvalue weighted by Gasteiger charge is 2.19. The molecule has 0 radical (unpaired) electrons. The van der Waals surface area contributed by atoms with E-state index >= 15 is 0 Å². The average molecular weight is 187 g/mol. The maximum absolute atomic E-state index is 6.10. The Balaban J connectivity index is 2.26. The van der Waals surface area contributed by atoms with E-state index in [0.29, 0.717) is 6.04 Å². The van der Waals surface area contributed by atoms with Crippen molar-refractivity contribution in [3.8, 4) is 0 Å². The maximum atomic E-state index is 6.10. The van der Waals surface area contributed by atoms with Crippen molar-refractivity contribution in [2.24, 2.45) is 5.73 Å². The normalized spacial score (nSPS) is 31.5. The van der Waals surface area contributed by atoms with Gasteiger partial charge < -0.3 is 5.73 Å². The van der Waals surface area contributed by atoms with E-state index in [4.69, 9.17) is 5.73 Å². The van der Waals surface area contributed by atoms with Crippen LogP contribution in [0.25, 0.3) is 0 Å². The summed E-state index contributed by atoms with van der Waals surface area (Å²) in [6.45, 7) is 2.25. The van der Waals surface area contributed by atoms with Crippen LogP contribution in [-0.4, -0.2) is 17.0 Å².